The molecule has 2 rings (SSSR count). The molecule has 16 heavy (non-hydrogen) atoms. The van der Waals surface area contributed by atoms with Gasteiger partial charge in [-0.3, -0.25) is 0 Å². The molecule has 0 atom stereocenters. The number of fused-ring (bicyclic) bond motifs is 1. The molecule has 0 saturated heterocycles. The Balaban J connectivity index is 2.42. The molecule has 0 aliphatic rings. The van der Waals surface area contributed by atoms with Crippen LogP contribution in [-0.2, 0) is 4.74 Å². The minimum Gasteiger partial charge on any atom is -0.446 e. The molecule has 0 unspecified atom stereocenters. The van der Waals surface area contributed by atoms with Gasteiger partial charge in [0.1, 0.15) is 6.33 Å². The highest BCUT2D eigenvalue weighted by Crippen LogP contribution is 2.15. The van der Waals surface area contributed by atoms with Crippen LogP contribution in [0.5, 0.6) is 0 Å². The number of carbonyl (C=O) groups is 1. The number of aryl methyl sites for hydroxylation is 1. The third kappa shape index (κ3) is 1.91. The topological polar surface area (TPSA) is 44.1 Å². The van der Waals surface area contributed by atoms with Crippen molar-refractivity contribution in [3.63, 3.8) is 0 Å². The smallest absolute Gasteiger partial charge is 0.420 e. The summed E-state index contributed by atoms with van der Waals surface area (Å²) in [6.45, 7) is 5.63. The van der Waals surface area contributed by atoms with Gasteiger partial charge in [-0.2, -0.15) is 0 Å². The quantitative estimate of drug-likeness (QED) is 0.739. The second kappa shape index (κ2) is 3.96. The maximum absolute atomic E-state index is 11.7. The van der Waals surface area contributed by atoms with Crippen molar-refractivity contribution < 1.29 is 9.53 Å². The van der Waals surface area contributed by atoms with Crippen LogP contribution in [-0.4, -0.2) is 21.7 Å². The number of rotatable bonds is 1. The maximum Gasteiger partial charge on any atom is 0.420 e. The number of hydrogen-bond donors (Lipinski definition) is 0. The number of benzene rings is 1. The lowest BCUT2D eigenvalue weighted by molar-refractivity contribution is 0.118. The summed E-state index contributed by atoms with van der Waals surface area (Å²) in [7, 11) is 0. The first-order chi connectivity index (χ1) is 7.58. The second-order valence-corrected chi connectivity index (χ2v) is 4.04. The molecule has 2 aromatic rings. The Morgan fingerprint density at radius 2 is 2.19 bits per heavy atom. The van der Waals surface area contributed by atoms with Gasteiger partial charge in [-0.15, -0.1) is 0 Å². The van der Waals surface area contributed by atoms with E-state index in [0.717, 1.165) is 16.6 Å². The highest BCUT2D eigenvalue weighted by molar-refractivity contribution is 5.86. The van der Waals surface area contributed by atoms with Gasteiger partial charge >= 0.3 is 6.09 Å². The Labute approximate surface area is 93.9 Å². The summed E-state index contributed by atoms with van der Waals surface area (Å²) in [6, 6.07) is 5.76. The zero-order chi connectivity index (χ0) is 11.7. The molecule has 0 radical (unpaired) electrons. The summed E-state index contributed by atoms with van der Waals surface area (Å²) in [5, 5.41) is 0. The van der Waals surface area contributed by atoms with Gasteiger partial charge in [0, 0.05) is 0 Å². The van der Waals surface area contributed by atoms with E-state index in [-0.39, 0.29) is 12.2 Å². The third-order valence-corrected chi connectivity index (χ3v) is 2.24. The highest BCUT2D eigenvalue weighted by atomic mass is 16.6. The maximum atomic E-state index is 11.7. The molecule has 1 aromatic heterocycles. The Kier molecular flexibility index (Phi) is 2.64. The van der Waals surface area contributed by atoms with E-state index in [9.17, 15) is 4.79 Å². The summed E-state index contributed by atoms with van der Waals surface area (Å²) in [5.74, 6) is 0. The molecule has 4 heteroatoms. The average Bonchev–Trinajstić information content (AvgIpc) is 2.59. The predicted molar refractivity (Wildman–Crippen MR) is 61.5 cm³/mol. The molecule has 1 heterocycles. The van der Waals surface area contributed by atoms with Crippen LogP contribution in [0.25, 0.3) is 11.0 Å². The zero-order valence-electron chi connectivity index (χ0n) is 9.60. The van der Waals surface area contributed by atoms with E-state index in [2.05, 4.69) is 4.98 Å². The molecule has 0 aliphatic heterocycles. The minimum atomic E-state index is -0.388. The molecule has 0 N–H and O–H groups in total. The van der Waals surface area contributed by atoms with Crippen LogP contribution in [0.3, 0.4) is 0 Å². The third-order valence-electron chi connectivity index (χ3n) is 2.24. The van der Waals surface area contributed by atoms with Gasteiger partial charge in [0.05, 0.1) is 17.1 Å². The predicted octanol–water partition coefficient (Wildman–Crippen LogP) is 2.74. The van der Waals surface area contributed by atoms with E-state index >= 15 is 0 Å². The van der Waals surface area contributed by atoms with Crippen LogP contribution in [0.2, 0.25) is 0 Å². The van der Waals surface area contributed by atoms with Crippen molar-refractivity contribution in [3.05, 3.63) is 30.1 Å². The molecule has 1 aromatic carbocycles. The summed E-state index contributed by atoms with van der Waals surface area (Å²) in [4.78, 5) is 15.9. The monoisotopic (exact) mass is 218 g/mol. The lowest BCUT2D eigenvalue weighted by atomic mass is 10.2. The molecule has 0 spiro atoms. The van der Waals surface area contributed by atoms with E-state index < -0.39 is 0 Å². The molecule has 0 aliphatic carbocycles. The van der Waals surface area contributed by atoms with Gasteiger partial charge in [0.2, 0.25) is 0 Å². The van der Waals surface area contributed by atoms with E-state index in [0.29, 0.717) is 0 Å². The van der Waals surface area contributed by atoms with Gasteiger partial charge in [-0.05, 0) is 38.5 Å². The van der Waals surface area contributed by atoms with Crippen LogP contribution in [0.15, 0.2) is 24.5 Å². The molecule has 84 valence electrons. The number of imidazole rings is 1. The molecule has 0 saturated carbocycles. The Hall–Kier alpha value is -1.84. The van der Waals surface area contributed by atoms with Crippen molar-refractivity contribution >= 4 is 17.1 Å². The summed E-state index contributed by atoms with van der Waals surface area (Å²) in [5.41, 5.74) is 2.70. The van der Waals surface area contributed by atoms with Crippen molar-refractivity contribution in [2.45, 2.75) is 26.9 Å². The van der Waals surface area contributed by atoms with Crippen LogP contribution in [0.1, 0.15) is 19.4 Å². The Morgan fingerprint density at radius 1 is 1.44 bits per heavy atom. The van der Waals surface area contributed by atoms with Crippen LogP contribution >= 0.6 is 0 Å². The summed E-state index contributed by atoms with van der Waals surface area (Å²) < 4.78 is 6.54. The van der Waals surface area contributed by atoms with E-state index in [1.165, 1.54) is 10.9 Å². The van der Waals surface area contributed by atoms with E-state index in [4.69, 9.17) is 4.74 Å². The number of ether oxygens (including phenoxy) is 1. The van der Waals surface area contributed by atoms with Gasteiger partial charge in [0.15, 0.2) is 0 Å². The van der Waals surface area contributed by atoms with Gasteiger partial charge in [-0.25, -0.2) is 14.3 Å². The Morgan fingerprint density at radius 3 is 2.88 bits per heavy atom. The Bertz CT molecular complexity index is 529. The van der Waals surface area contributed by atoms with Crippen molar-refractivity contribution in [3.8, 4) is 0 Å². The minimum absolute atomic E-state index is 0.129. The first-order valence-electron chi connectivity index (χ1n) is 5.22. The fraction of sp³-hybridized carbons (Fsp3) is 0.333. The van der Waals surface area contributed by atoms with Gasteiger partial charge in [0.25, 0.3) is 0 Å². The molecule has 0 bridgehead atoms. The molecular formula is C12H14N2O2. The average molecular weight is 218 g/mol. The second-order valence-electron chi connectivity index (χ2n) is 4.04. The van der Waals surface area contributed by atoms with Gasteiger partial charge < -0.3 is 4.74 Å². The largest absolute Gasteiger partial charge is 0.446 e. The summed E-state index contributed by atoms with van der Waals surface area (Å²) in [6.07, 6.45) is 0.978. The SMILES string of the molecule is Cc1ccc2c(c1)ncn2C(=O)OC(C)C. The van der Waals surface area contributed by atoms with Crippen molar-refractivity contribution in [2.24, 2.45) is 0 Å². The van der Waals surface area contributed by atoms with Gasteiger partial charge in [-0.1, -0.05) is 6.07 Å². The lowest BCUT2D eigenvalue weighted by Crippen LogP contribution is -2.17. The van der Waals surface area contributed by atoms with Crippen LogP contribution in [0, 0.1) is 6.92 Å². The number of aromatic nitrogens is 2. The fourth-order valence-corrected chi connectivity index (χ4v) is 1.53. The van der Waals surface area contributed by atoms with Crippen molar-refractivity contribution in [1.29, 1.82) is 0 Å². The van der Waals surface area contributed by atoms with Crippen molar-refractivity contribution in [2.75, 3.05) is 0 Å². The highest BCUT2D eigenvalue weighted by Gasteiger charge is 2.12. The van der Waals surface area contributed by atoms with E-state index in [1.807, 2.05) is 39.0 Å². The fourth-order valence-electron chi connectivity index (χ4n) is 1.53. The first kappa shape index (κ1) is 10.7. The molecule has 4 nitrogen and oxygen atoms in total. The lowest BCUT2D eigenvalue weighted by Gasteiger charge is -2.08. The van der Waals surface area contributed by atoms with E-state index in [1.54, 1.807) is 0 Å². The number of carbonyl (C=O) groups excluding carboxylic acids is 1. The first-order valence-corrected chi connectivity index (χ1v) is 5.22. The van der Waals surface area contributed by atoms with Crippen molar-refractivity contribution in [1.82, 2.24) is 9.55 Å². The molecule has 0 fully saturated rings. The molecular weight excluding hydrogens is 204 g/mol. The zero-order valence-corrected chi connectivity index (χ0v) is 9.60. The molecule has 0 amide bonds. The van der Waals surface area contributed by atoms with Crippen LogP contribution in [0.4, 0.5) is 4.79 Å². The number of nitrogens with zero attached hydrogens (tertiary/aromatic N) is 2. The van der Waals surface area contributed by atoms with Crippen LogP contribution < -0.4 is 0 Å². The normalized spacial score (nSPS) is 11.0. The standard InChI is InChI=1S/C12H14N2O2/c1-8(2)16-12(15)14-7-13-10-6-9(3)4-5-11(10)14/h4-8H,1-3H3. The number of hydrogen-bond acceptors (Lipinski definition) is 3. The summed E-state index contributed by atoms with van der Waals surface area (Å²) >= 11 is 0.